The van der Waals surface area contributed by atoms with E-state index in [9.17, 15) is 9.59 Å². The zero-order chi connectivity index (χ0) is 28.5. The maximum absolute atomic E-state index is 13.3. The Hall–Kier alpha value is -4.04. The highest BCUT2D eigenvalue weighted by Crippen LogP contribution is 2.28. The number of carbonyl (C=O) groups is 2. The molecule has 8 nitrogen and oxygen atoms in total. The second-order valence-electron chi connectivity index (χ2n) is 10.5. The van der Waals surface area contributed by atoms with Crippen LogP contribution in [-0.2, 0) is 11.3 Å². The first-order chi connectivity index (χ1) is 19.3. The molecule has 4 rings (SSSR count). The number of rotatable bonds is 12. The van der Waals surface area contributed by atoms with Gasteiger partial charge in [-0.25, -0.2) is 0 Å². The Labute approximate surface area is 236 Å². The van der Waals surface area contributed by atoms with Crippen LogP contribution < -0.4 is 24.8 Å². The summed E-state index contributed by atoms with van der Waals surface area (Å²) in [6.45, 7) is 6.52. The summed E-state index contributed by atoms with van der Waals surface area (Å²) in [4.78, 5) is 28.6. The Balaban J connectivity index is 1.30. The average molecular weight is 546 g/mol. The van der Waals surface area contributed by atoms with Crippen LogP contribution in [0.1, 0.15) is 42.6 Å². The second-order valence-corrected chi connectivity index (χ2v) is 10.5. The van der Waals surface area contributed by atoms with Crippen molar-refractivity contribution in [3.63, 3.8) is 0 Å². The van der Waals surface area contributed by atoms with Gasteiger partial charge in [0.2, 0.25) is 5.91 Å². The SMILES string of the molecule is COc1ccc(C(=O)N[C@@H](CC(C)C)C(=O)N[C@H]2CCN(Cc3ccc(Oc4ccccc4)cc3)C2)cc1OC. The molecule has 0 spiro atoms. The molecule has 0 aliphatic carbocycles. The van der Waals surface area contributed by atoms with Crippen LogP contribution in [0.15, 0.2) is 72.8 Å². The largest absolute Gasteiger partial charge is 0.493 e. The molecule has 1 saturated heterocycles. The minimum Gasteiger partial charge on any atom is -0.493 e. The van der Waals surface area contributed by atoms with Gasteiger partial charge in [0.25, 0.3) is 5.91 Å². The van der Waals surface area contributed by atoms with E-state index in [2.05, 4.69) is 27.7 Å². The van der Waals surface area contributed by atoms with E-state index >= 15 is 0 Å². The molecule has 2 amide bonds. The second kappa shape index (κ2) is 13.8. The van der Waals surface area contributed by atoms with Gasteiger partial charge >= 0.3 is 0 Å². The number of hydrogen-bond donors (Lipinski definition) is 2. The number of hydrogen-bond acceptors (Lipinski definition) is 6. The maximum Gasteiger partial charge on any atom is 0.252 e. The predicted octanol–water partition coefficient (Wildman–Crippen LogP) is 5.03. The first-order valence-electron chi connectivity index (χ1n) is 13.7. The van der Waals surface area contributed by atoms with Gasteiger partial charge in [-0.1, -0.05) is 44.2 Å². The molecule has 1 fully saturated rings. The van der Waals surface area contributed by atoms with E-state index in [0.717, 1.165) is 37.6 Å². The molecule has 2 atom stereocenters. The highest BCUT2D eigenvalue weighted by Gasteiger charge is 2.28. The van der Waals surface area contributed by atoms with Crippen molar-refractivity contribution in [1.82, 2.24) is 15.5 Å². The van der Waals surface area contributed by atoms with Gasteiger partial charge in [-0.3, -0.25) is 14.5 Å². The lowest BCUT2D eigenvalue weighted by Crippen LogP contribution is -2.50. The van der Waals surface area contributed by atoms with Gasteiger partial charge in [-0.15, -0.1) is 0 Å². The summed E-state index contributed by atoms with van der Waals surface area (Å²) in [6, 6.07) is 22.2. The van der Waals surface area contributed by atoms with E-state index < -0.39 is 6.04 Å². The van der Waals surface area contributed by atoms with Gasteiger partial charge in [-0.05, 0) is 66.8 Å². The zero-order valence-electron chi connectivity index (χ0n) is 23.7. The number of ether oxygens (including phenoxy) is 3. The van der Waals surface area contributed by atoms with Crippen LogP contribution in [0.5, 0.6) is 23.0 Å². The monoisotopic (exact) mass is 545 g/mol. The smallest absolute Gasteiger partial charge is 0.252 e. The van der Waals surface area contributed by atoms with E-state index in [4.69, 9.17) is 14.2 Å². The van der Waals surface area contributed by atoms with Crippen molar-refractivity contribution >= 4 is 11.8 Å². The molecule has 1 heterocycles. The number of carbonyl (C=O) groups excluding carboxylic acids is 2. The first-order valence-corrected chi connectivity index (χ1v) is 13.7. The van der Waals surface area contributed by atoms with E-state index in [-0.39, 0.29) is 23.8 Å². The molecule has 0 aromatic heterocycles. The van der Waals surface area contributed by atoms with Crippen molar-refractivity contribution in [1.29, 1.82) is 0 Å². The number of likely N-dealkylation sites (tertiary alicyclic amines) is 1. The highest BCUT2D eigenvalue weighted by molar-refractivity contribution is 5.98. The number of nitrogens with one attached hydrogen (secondary N) is 2. The van der Waals surface area contributed by atoms with Gasteiger partial charge in [-0.2, -0.15) is 0 Å². The van der Waals surface area contributed by atoms with Crippen molar-refractivity contribution in [2.75, 3.05) is 27.3 Å². The molecule has 1 aliphatic heterocycles. The third-order valence-electron chi connectivity index (χ3n) is 6.90. The van der Waals surface area contributed by atoms with Crippen LogP contribution in [-0.4, -0.2) is 56.1 Å². The predicted molar refractivity (Wildman–Crippen MR) is 155 cm³/mol. The standard InChI is InChI=1S/C32H39N3O5/c1-22(2)18-28(34-31(36)24-12-15-29(38-3)30(19-24)39-4)32(37)33-25-16-17-35(21-25)20-23-10-13-27(14-11-23)40-26-8-6-5-7-9-26/h5-15,19,22,25,28H,16-18,20-21H2,1-4H3,(H,33,37)(H,34,36)/t25-,28-/m0/s1. The summed E-state index contributed by atoms with van der Waals surface area (Å²) >= 11 is 0. The number of nitrogens with zero attached hydrogens (tertiary/aromatic N) is 1. The normalized spacial score (nSPS) is 15.9. The van der Waals surface area contributed by atoms with Gasteiger partial charge < -0.3 is 24.8 Å². The molecule has 0 radical (unpaired) electrons. The minimum absolute atomic E-state index is 0.0285. The van der Waals surface area contributed by atoms with Crippen LogP contribution in [0, 0.1) is 5.92 Å². The Kier molecular flexibility index (Phi) is 10.0. The average Bonchev–Trinajstić information content (AvgIpc) is 3.39. The summed E-state index contributed by atoms with van der Waals surface area (Å²) in [7, 11) is 3.07. The van der Waals surface area contributed by atoms with Crippen molar-refractivity contribution in [2.24, 2.45) is 5.92 Å². The number of amides is 2. The molecule has 0 bridgehead atoms. The lowest BCUT2D eigenvalue weighted by molar-refractivity contribution is -0.124. The molecular formula is C32H39N3O5. The molecule has 0 saturated carbocycles. The Morgan fingerprint density at radius 2 is 1.62 bits per heavy atom. The Morgan fingerprint density at radius 1 is 0.925 bits per heavy atom. The molecule has 40 heavy (non-hydrogen) atoms. The fraction of sp³-hybridized carbons (Fsp3) is 0.375. The van der Waals surface area contributed by atoms with Crippen LogP contribution in [0.4, 0.5) is 0 Å². The summed E-state index contributed by atoms with van der Waals surface area (Å²) in [6.07, 6.45) is 1.40. The van der Waals surface area contributed by atoms with Crippen molar-refractivity contribution < 1.29 is 23.8 Å². The molecule has 3 aromatic rings. The topological polar surface area (TPSA) is 89.1 Å². The molecule has 0 unspecified atom stereocenters. The number of para-hydroxylation sites is 1. The van der Waals surface area contributed by atoms with Gasteiger partial charge in [0.1, 0.15) is 17.5 Å². The van der Waals surface area contributed by atoms with Gasteiger partial charge in [0.05, 0.1) is 14.2 Å². The number of benzene rings is 3. The Bertz CT molecular complexity index is 1260. The fourth-order valence-corrected chi connectivity index (χ4v) is 4.86. The van der Waals surface area contributed by atoms with E-state index in [1.165, 1.54) is 12.7 Å². The van der Waals surface area contributed by atoms with Crippen LogP contribution in [0.2, 0.25) is 0 Å². The summed E-state index contributed by atoms with van der Waals surface area (Å²) in [5.41, 5.74) is 1.60. The molecular weight excluding hydrogens is 506 g/mol. The minimum atomic E-state index is -0.633. The zero-order valence-corrected chi connectivity index (χ0v) is 23.7. The van der Waals surface area contributed by atoms with Crippen molar-refractivity contribution in [2.45, 2.75) is 45.3 Å². The van der Waals surface area contributed by atoms with Crippen LogP contribution in [0.3, 0.4) is 0 Å². The van der Waals surface area contributed by atoms with Crippen LogP contribution in [0.25, 0.3) is 0 Å². The highest BCUT2D eigenvalue weighted by atomic mass is 16.5. The van der Waals surface area contributed by atoms with E-state index in [0.29, 0.717) is 23.5 Å². The number of methoxy groups -OCH3 is 2. The lowest BCUT2D eigenvalue weighted by atomic mass is 10.0. The molecule has 212 valence electrons. The molecule has 2 N–H and O–H groups in total. The third kappa shape index (κ3) is 7.99. The van der Waals surface area contributed by atoms with Crippen molar-refractivity contribution in [3.05, 3.63) is 83.9 Å². The summed E-state index contributed by atoms with van der Waals surface area (Å²) in [5.74, 6) is 2.36. The lowest BCUT2D eigenvalue weighted by Gasteiger charge is -2.23. The van der Waals surface area contributed by atoms with Gasteiger partial charge in [0.15, 0.2) is 11.5 Å². The van der Waals surface area contributed by atoms with E-state index in [1.54, 1.807) is 25.3 Å². The fourth-order valence-electron chi connectivity index (χ4n) is 4.86. The quantitative estimate of drug-likeness (QED) is 0.332. The van der Waals surface area contributed by atoms with Crippen LogP contribution >= 0.6 is 0 Å². The summed E-state index contributed by atoms with van der Waals surface area (Å²) < 4.78 is 16.5. The molecule has 1 aliphatic rings. The van der Waals surface area contributed by atoms with E-state index in [1.807, 2.05) is 56.3 Å². The third-order valence-corrected chi connectivity index (χ3v) is 6.90. The summed E-state index contributed by atoms with van der Waals surface area (Å²) in [5, 5.41) is 6.10. The first kappa shape index (κ1) is 29.0. The van der Waals surface area contributed by atoms with Gasteiger partial charge in [0, 0.05) is 31.2 Å². The Morgan fingerprint density at radius 3 is 2.30 bits per heavy atom. The maximum atomic E-state index is 13.3. The molecule has 3 aromatic carbocycles. The van der Waals surface area contributed by atoms with Crippen molar-refractivity contribution in [3.8, 4) is 23.0 Å². The molecule has 8 heteroatoms.